The molecule has 0 amide bonds. The number of rotatable bonds is 8. The highest BCUT2D eigenvalue weighted by Gasteiger charge is 2.45. The maximum atomic E-state index is 14.1. The van der Waals surface area contributed by atoms with Crippen LogP contribution in [0.3, 0.4) is 0 Å². The third-order valence-corrected chi connectivity index (χ3v) is 9.75. The molecule has 0 radical (unpaired) electrons. The van der Waals surface area contributed by atoms with E-state index in [1.165, 1.54) is 40.3 Å². The molecule has 2 aliphatic carbocycles. The van der Waals surface area contributed by atoms with E-state index in [9.17, 15) is 29.1 Å². The highest BCUT2D eigenvalue weighted by Crippen LogP contribution is 2.50. The minimum Gasteiger partial charge on any atom is -0.504 e. The monoisotopic (exact) mass is 681 g/mol. The van der Waals surface area contributed by atoms with Crippen molar-refractivity contribution in [2.45, 2.75) is 51.7 Å². The number of Topliss-reactive ketones (excluding diaryl/α,β-unsaturated/α-hetero) is 1. The van der Waals surface area contributed by atoms with Gasteiger partial charge in [-0.2, -0.15) is 0 Å². The van der Waals surface area contributed by atoms with Gasteiger partial charge in [0, 0.05) is 61.2 Å². The Bertz CT molecular complexity index is 2420. The Morgan fingerprint density at radius 2 is 1.72 bits per heavy atom. The molecule has 0 saturated heterocycles. The molecule has 14 heteroatoms. The SMILES string of the molecule is CCOc1cc(C2C3=CCn4c(=O)n(CCc5nc6cc(OC)c(OC)cc6n(C)c5=O)c(=O)n4C3CC3=C2C(=O)C(C)=CC3=O)ccc1O. The Morgan fingerprint density at radius 3 is 2.44 bits per heavy atom. The molecule has 14 nitrogen and oxygen atoms in total. The lowest BCUT2D eigenvalue weighted by Gasteiger charge is -2.39. The van der Waals surface area contributed by atoms with E-state index in [-0.39, 0.29) is 65.8 Å². The van der Waals surface area contributed by atoms with Crippen molar-refractivity contribution in [3.05, 3.63) is 107 Å². The van der Waals surface area contributed by atoms with Crippen LogP contribution in [0.5, 0.6) is 23.0 Å². The maximum absolute atomic E-state index is 14.1. The Balaban J connectivity index is 1.29. The van der Waals surface area contributed by atoms with Crippen molar-refractivity contribution >= 4 is 22.6 Å². The zero-order chi connectivity index (χ0) is 35.6. The predicted molar refractivity (Wildman–Crippen MR) is 181 cm³/mol. The number of aryl methyl sites for hydroxylation is 2. The second-order valence-corrected chi connectivity index (χ2v) is 12.4. The molecule has 4 aromatic rings. The van der Waals surface area contributed by atoms with Crippen molar-refractivity contribution in [3.63, 3.8) is 0 Å². The van der Waals surface area contributed by atoms with Gasteiger partial charge in [0.05, 0.1) is 44.4 Å². The number of fused-ring (bicyclic) bond motifs is 4. The van der Waals surface area contributed by atoms with E-state index >= 15 is 0 Å². The van der Waals surface area contributed by atoms with Gasteiger partial charge in [0.15, 0.2) is 34.6 Å². The fourth-order valence-corrected chi connectivity index (χ4v) is 7.32. The van der Waals surface area contributed by atoms with E-state index in [1.807, 2.05) is 6.08 Å². The number of methoxy groups -OCH3 is 2. The predicted octanol–water partition coefficient (Wildman–Crippen LogP) is 2.49. The average molecular weight is 682 g/mol. The number of benzene rings is 2. The van der Waals surface area contributed by atoms with Gasteiger partial charge in [-0.3, -0.25) is 14.4 Å². The molecular weight excluding hydrogens is 646 g/mol. The van der Waals surface area contributed by atoms with Crippen LogP contribution in [0.4, 0.5) is 0 Å². The van der Waals surface area contributed by atoms with Crippen LogP contribution in [0.2, 0.25) is 0 Å². The summed E-state index contributed by atoms with van der Waals surface area (Å²) < 4.78 is 21.6. The number of carbonyl (C=O) groups is 2. The second kappa shape index (κ2) is 12.2. The van der Waals surface area contributed by atoms with E-state index in [1.54, 1.807) is 45.2 Å². The molecular formula is C36H35N5O9. The van der Waals surface area contributed by atoms with Crippen LogP contribution in [-0.4, -0.2) is 61.0 Å². The van der Waals surface area contributed by atoms with Gasteiger partial charge in [0.2, 0.25) is 0 Å². The van der Waals surface area contributed by atoms with E-state index in [0.717, 1.165) is 4.57 Å². The zero-order valence-electron chi connectivity index (χ0n) is 28.2. The first-order valence-electron chi connectivity index (χ1n) is 16.2. The summed E-state index contributed by atoms with van der Waals surface area (Å²) in [5.74, 6) is -0.317. The van der Waals surface area contributed by atoms with Crippen molar-refractivity contribution < 1.29 is 28.9 Å². The molecule has 0 saturated carbocycles. The Morgan fingerprint density at radius 1 is 0.980 bits per heavy atom. The molecule has 2 aromatic heterocycles. The van der Waals surface area contributed by atoms with Gasteiger partial charge in [-0.05, 0) is 43.2 Å². The number of ether oxygens (including phenoxy) is 3. The summed E-state index contributed by atoms with van der Waals surface area (Å²) in [6.07, 6.45) is 3.15. The fourth-order valence-electron chi connectivity index (χ4n) is 7.32. The van der Waals surface area contributed by atoms with Crippen molar-refractivity contribution in [2.24, 2.45) is 7.05 Å². The van der Waals surface area contributed by atoms with Crippen molar-refractivity contribution in [2.75, 3.05) is 20.8 Å². The molecule has 50 heavy (non-hydrogen) atoms. The number of phenols is 1. The molecule has 2 aromatic carbocycles. The van der Waals surface area contributed by atoms with Crippen LogP contribution >= 0.6 is 0 Å². The van der Waals surface area contributed by atoms with E-state index in [4.69, 9.17) is 14.2 Å². The highest BCUT2D eigenvalue weighted by atomic mass is 16.5. The van der Waals surface area contributed by atoms with Gasteiger partial charge < -0.3 is 23.9 Å². The number of hydrogen-bond acceptors (Lipinski definition) is 10. The molecule has 1 aliphatic heterocycles. The van der Waals surface area contributed by atoms with Crippen LogP contribution in [0, 0.1) is 0 Å². The molecule has 3 heterocycles. The first-order valence-corrected chi connectivity index (χ1v) is 16.2. The number of nitrogens with zero attached hydrogens (tertiary/aromatic N) is 5. The summed E-state index contributed by atoms with van der Waals surface area (Å²) in [4.78, 5) is 72.9. The van der Waals surface area contributed by atoms with Crippen molar-refractivity contribution in [1.29, 1.82) is 0 Å². The minimum atomic E-state index is -0.754. The van der Waals surface area contributed by atoms with Gasteiger partial charge >= 0.3 is 11.4 Å². The zero-order valence-corrected chi connectivity index (χ0v) is 28.2. The number of hydrogen-bond donors (Lipinski definition) is 1. The molecule has 2 unspecified atom stereocenters. The van der Waals surface area contributed by atoms with Gasteiger partial charge in [0.25, 0.3) is 5.56 Å². The second-order valence-electron chi connectivity index (χ2n) is 12.4. The topological polar surface area (TPSA) is 166 Å². The third-order valence-electron chi connectivity index (χ3n) is 9.75. The lowest BCUT2D eigenvalue weighted by molar-refractivity contribution is -0.116. The number of carbonyl (C=O) groups excluding carboxylic acids is 2. The summed E-state index contributed by atoms with van der Waals surface area (Å²) in [5, 5.41) is 10.4. The molecule has 258 valence electrons. The summed E-state index contributed by atoms with van der Waals surface area (Å²) in [5.41, 5.74) is 1.77. The van der Waals surface area contributed by atoms with Crippen LogP contribution in [0.25, 0.3) is 11.0 Å². The van der Waals surface area contributed by atoms with Crippen molar-refractivity contribution in [1.82, 2.24) is 23.5 Å². The smallest absolute Gasteiger partial charge is 0.347 e. The van der Waals surface area contributed by atoms with Gasteiger partial charge in [-0.25, -0.2) is 28.5 Å². The largest absolute Gasteiger partial charge is 0.504 e. The highest BCUT2D eigenvalue weighted by molar-refractivity contribution is 6.23. The first-order chi connectivity index (χ1) is 24.0. The van der Waals surface area contributed by atoms with Crippen LogP contribution < -0.4 is 31.1 Å². The van der Waals surface area contributed by atoms with Gasteiger partial charge in [-0.15, -0.1) is 0 Å². The normalized spacial score (nSPS) is 18.3. The van der Waals surface area contributed by atoms with E-state index < -0.39 is 23.3 Å². The Kier molecular flexibility index (Phi) is 7.96. The molecule has 1 N–H and O–H groups in total. The summed E-state index contributed by atoms with van der Waals surface area (Å²) in [6.45, 7) is 3.58. The van der Waals surface area contributed by atoms with Crippen LogP contribution in [-0.2, 0) is 36.1 Å². The summed E-state index contributed by atoms with van der Waals surface area (Å²) in [6, 6.07) is 7.34. The molecule has 7 rings (SSSR count). The number of aromatic nitrogens is 5. The van der Waals surface area contributed by atoms with Gasteiger partial charge in [0.1, 0.15) is 5.69 Å². The summed E-state index contributed by atoms with van der Waals surface area (Å²) in [7, 11) is 4.60. The lowest BCUT2D eigenvalue weighted by atomic mass is 9.68. The number of ketones is 2. The third kappa shape index (κ3) is 4.92. The van der Waals surface area contributed by atoms with Crippen molar-refractivity contribution in [3.8, 4) is 23.0 Å². The quantitative estimate of drug-likeness (QED) is 0.216. The summed E-state index contributed by atoms with van der Waals surface area (Å²) >= 11 is 0. The standard InChI is InChI=1S/C36H35N5O9/c1-6-50-28-14-19(7-8-26(28)42)31-20-9-12-40-35(46)39(36(47)41(40)24(20)15-21-27(43)13-18(2)33(44)32(21)31)11-10-22-34(45)38(3)25-17-30(49-5)29(48-4)16-23(25)37-22/h7-9,13-14,16-17,24,31,42H,6,10-12,15H2,1-5H3. The fraction of sp³-hybridized carbons (Fsp3) is 0.333. The van der Waals surface area contributed by atoms with Gasteiger partial charge in [-0.1, -0.05) is 12.1 Å². The number of allylic oxidation sites excluding steroid dienone is 6. The van der Waals surface area contributed by atoms with Crippen LogP contribution in [0.15, 0.2) is 79.2 Å². The molecule has 0 spiro atoms. The van der Waals surface area contributed by atoms with E-state index in [2.05, 4.69) is 4.98 Å². The Hall–Kier alpha value is -5.92. The molecule has 0 bridgehead atoms. The average Bonchev–Trinajstić information content (AvgIpc) is 3.36. The van der Waals surface area contributed by atoms with E-state index in [0.29, 0.717) is 51.4 Å². The lowest BCUT2D eigenvalue weighted by Crippen LogP contribution is -2.40. The number of phenolic OH excluding ortho intramolecular Hbond substituents is 1. The number of aromatic hydroxyl groups is 1. The van der Waals surface area contributed by atoms with Crippen LogP contribution in [0.1, 0.15) is 43.5 Å². The minimum absolute atomic E-state index is 0.0101. The maximum Gasteiger partial charge on any atom is 0.347 e. The molecule has 2 atom stereocenters. The molecule has 3 aliphatic rings. The molecule has 0 fully saturated rings. The first kappa shape index (κ1) is 32.6. The Labute approximate surface area is 284 Å².